The summed E-state index contributed by atoms with van der Waals surface area (Å²) in [7, 11) is 0. The molecule has 0 N–H and O–H groups in total. The number of hydrogen-bond donors (Lipinski definition) is 0. The van der Waals surface area contributed by atoms with E-state index in [1.165, 1.54) is 141 Å². The summed E-state index contributed by atoms with van der Waals surface area (Å²) in [6.45, 7) is 6.33. The van der Waals surface area contributed by atoms with Gasteiger partial charge in [-0.15, -0.1) is 0 Å². The second-order valence-corrected chi connectivity index (χ2v) is 13.0. The van der Waals surface area contributed by atoms with Crippen LogP contribution < -0.4 is 9.47 Å². The van der Waals surface area contributed by atoms with Crippen molar-refractivity contribution >= 4 is 0 Å². The van der Waals surface area contributed by atoms with Gasteiger partial charge in [0.15, 0.2) is 0 Å². The lowest BCUT2D eigenvalue weighted by Crippen LogP contribution is -2.20. The molecule has 1 aromatic carbocycles. The van der Waals surface area contributed by atoms with Crippen molar-refractivity contribution in [3.05, 3.63) is 24.3 Å². The largest absolute Gasteiger partial charge is 0.494 e. The summed E-state index contributed by atoms with van der Waals surface area (Å²) in [5.74, 6) is 5.66. The second-order valence-electron chi connectivity index (χ2n) is 13.0. The molecule has 0 bridgehead atoms. The molecule has 0 amide bonds. The van der Waals surface area contributed by atoms with Crippen molar-refractivity contribution in [2.75, 3.05) is 13.2 Å². The van der Waals surface area contributed by atoms with E-state index < -0.39 is 0 Å². The van der Waals surface area contributed by atoms with Crippen LogP contribution in [0.3, 0.4) is 0 Å². The average molecular weight is 527 g/mol. The number of unbranched alkanes of at least 4 members (excludes halogenated alkanes) is 8. The Morgan fingerprint density at radius 1 is 0.474 bits per heavy atom. The van der Waals surface area contributed by atoms with Gasteiger partial charge in [0.05, 0.1) is 13.2 Å². The van der Waals surface area contributed by atoms with Crippen molar-refractivity contribution in [1.82, 2.24) is 0 Å². The first kappa shape index (κ1) is 31.3. The van der Waals surface area contributed by atoms with E-state index in [1.54, 1.807) is 0 Å². The van der Waals surface area contributed by atoms with Crippen LogP contribution in [0.5, 0.6) is 11.5 Å². The maximum absolute atomic E-state index is 6.16. The fourth-order valence-corrected chi connectivity index (χ4v) is 6.98. The van der Waals surface area contributed by atoms with Crippen LogP contribution in [-0.4, -0.2) is 13.2 Å². The smallest absolute Gasteiger partial charge is 0.119 e. The van der Waals surface area contributed by atoms with E-state index >= 15 is 0 Å². The minimum Gasteiger partial charge on any atom is -0.494 e. The number of ether oxygens (including phenoxy) is 2. The molecule has 0 aliphatic heterocycles. The molecule has 0 heterocycles. The highest BCUT2D eigenvalue weighted by atomic mass is 16.5. The van der Waals surface area contributed by atoms with Crippen molar-refractivity contribution in [1.29, 1.82) is 0 Å². The van der Waals surface area contributed by atoms with Crippen LogP contribution in [0.1, 0.15) is 155 Å². The summed E-state index contributed by atoms with van der Waals surface area (Å²) >= 11 is 0. The lowest BCUT2D eigenvalue weighted by molar-refractivity contribution is 0.177. The summed E-state index contributed by atoms with van der Waals surface area (Å²) in [6.07, 6.45) is 31.1. The predicted molar refractivity (Wildman–Crippen MR) is 164 cm³/mol. The Hall–Kier alpha value is -1.18. The molecule has 1 aromatic rings. The maximum Gasteiger partial charge on any atom is 0.119 e. The van der Waals surface area contributed by atoms with Gasteiger partial charge in [0, 0.05) is 0 Å². The lowest BCUT2D eigenvalue weighted by Gasteiger charge is -2.28. The molecule has 0 aromatic heterocycles. The summed E-state index contributed by atoms with van der Waals surface area (Å²) < 4.78 is 12.2. The van der Waals surface area contributed by atoms with Gasteiger partial charge in [0.25, 0.3) is 0 Å². The van der Waals surface area contributed by atoms with Gasteiger partial charge in [0.1, 0.15) is 11.5 Å². The summed E-state index contributed by atoms with van der Waals surface area (Å²) in [6, 6.07) is 8.38. The first-order valence-electron chi connectivity index (χ1n) is 17.1. The molecule has 0 radical (unpaired) electrons. The van der Waals surface area contributed by atoms with Gasteiger partial charge in [-0.1, -0.05) is 129 Å². The van der Waals surface area contributed by atoms with E-state index in [9.17, 15) is 0 Å². The molecule has 2 heteroatoms. The molecule has 38 heavy (non-hydrogen) atoms. The van der Waals surface area contributed by atoms with Gasteiger partial charge >= 0.3 is 0 Å². The molecular weight excluding hydrogens is 464 g/mol. The fraction of sp³-hybridized carbons (Fsp3) is 0.833. The quantitative estimate of drug-likeness (QED) is 0.157. The highest BCUT2D eigenvalue weighted by molar-refractivity contribution is 5.31. The zero-order chi connectivity index (χ0) is 26.7. The van der Waals surface area contributed by atoms with E-state index in [0.29, 0.717) is 0 Å². The van der Waals surface area contributed by atoms with Gasteiger partial charge < -0.3 is 9.47 Å². The lowest BCUT2D eigenvalue weighted by atomic mass is 9.78. The minimum atomic E-state index is 0.739. The SMILES string of the molecule is CCCCCCC[C@H]1CC[C@H](CCCOc2ccc(OC[C@H]3CC[C@H](CCCCCCC)CC3)cc2)CC1. The normalized spacial score (nSPS) is 23.8. The molecule has 0 saturated heterocycles. The van der Waals surface area contributed by atoms with E-state index in [0.717, 1.165) is 48.4 Å². The molecule has 0 unspecified atom stereocenters. The van der Waals surface area contributed by atoms with Gasteiger partial charge in [-0.3, -0.25) is 0 Å². The topological polar surface area (TPSA) is 18.5 Å². The molecule has 0 atom stereocenters. The monoisotopic (exact) mass is 526 g/mol. The van der Waals surface area contributed by atoms with Gasteiger partial charge in [0.2, 0.25) is 0 Å². The van der Waals surface area contributed by atoms with Crippen LogP contribution in [0, 0.1) is 23.7 Å². The molecule has 2 aliphatic carbocycles. The number of rotatable bonds is 20. The van der Waals surface area contributed by atoms with E-state index in [-0.39, 0.29) is 0 Å². The molecule has 2 fully saturated rings. The van der Waals surface area contributed by atoms with E-state index in [1.807, 2.05) is 0 Å². The molecule has 0 spiro atoms. The maximum atomic E-state index is 6.16. The van der Waals surface area contributed by atoms with E-state index in [4.69, 9.17) is 9.47 Å². The van der Waals surface area contributed by atoms with Crippen LogP contribution in [-0.2, 0) is 0 Å². The zero-order valence-corrected chi connectivity index (χ0v) is 25.4. The first-order chi connectivity index (χ1) is 18.8. The second kappa shape index (κ2) is 19.8. The molecule has 2 saturated carbocycles. The van der Waals surface area contributed by atoms with E-state index in [2.05, 4.69) is 38.1 Å². The average Bonchev–Trinajstić information content (AvgIpc) is 2.96. The van der Waals surface area contributed by atoms with Gasteiger partial charge in [-0.05, 0) is 73.6 Å². The Balaban J connectivity index is 1.18. The van der Waals surface area contributed by atoms with Crippen LogP contribution in [0.2, 0.25) is 0 Å². The Morgan fingerprint density at radius 3 is 1.34 bits per heavy atom. The molecule has 2 nitrogen and oxygen atoms in total. The Kier molecular flexibility index (Phi) is 16.3. The van der Waals surface area contributed by atoms with Gasteiger partial charge in [-0.25, -0.2) is 0 Å². The molecule has 2 aliphatic rings. The highest BCUT2D eigenvalue weighted by Crippen LogP contribution is 2.35. The minimum absolute atomic E-state index is 0.739. The third kappa shape index (κ3) is 13.3. The molecule has 3 rings (SSSR count). The van der Waals surface area contributed by atoms with Crippen molar-refractivity contribution in [2.24, 2.45) is 23.7 Å². The molecule has 218 valence electrons. The summed E-state index contributed by atoms with van der Waals surface area (Å²) in [5, 5.41) is 0. The Morgan fingerprint density at radius 2 is 0.868 bits per heavy atom. The fourth-order valence-electron chi connectivity index (χ4n) is 6.98. The van der Waals surface area contributed by atoms with Crippen molar-refractivity contribution in [3.63, 3.8) is 0 Å². The van der Waals surface area contributed by atoms with Crippen LogP contribution in [0.15, 0.2) is 24.3 Å². The van der Waals surface area contributed by atoms with Crippen LogP contribution in [0.4, 0.5) is 0 Å². The van der Waals surface area contributed by atoms with Crippen molar-refractivity contribution in [3.8, 4) is 11.5 Å². The summed E-state index contributed by atoms with van der Waals surface area (Å²) in [4.78, 5) is 0. The standard InChI is InChI=1S/C36H62O2/c1-3-5-7-9-11-14-31-17-19-33(20-18-31)16-13-29-37-35-25-27-36(28-26-35)38-30-34-23-21-32(22-24-34)15-12-10-8-6-4-2/h25-28,31-34H,3-24,29-30H2,1-2H3/t31-,32-,33-,34-. The number of benzene rings is 1. The van der Waals surface area contributed by atoms with Gasteiger partial charge in [-0.2, -0.15) is 0 Å². The Labute approximate surface area is 237 Å². The third-order valence-corrected chi connectivity index (χ3v) is 9.70. The Bertz CT molecular complexity index is 667. The first-order valence-corrected chi connectivity index (χ1v) is 17.1. The van der Waals surface area contributed by atoms with Crippen LogP contribution >= 0.6 is 0 Å². The molecular formula is C36H62O2. The predicted octanol–water partition coefficient (Wildman–Crippen LogP) is 11.6. The zero-order valence-electron chi connectivity index (χ0n) is 25.4. The highest BCUT2D eigenvalue weighted by Gasteiger charge is 2.22. The van der Waals surface area contributed by atoms with Crippen LogP contribution in [0.25, 0.3) is 0 Å². The third-order valence-electron chi connectivity index (χ3n) is 9.70. The number of hydrogen-bond acceptors (Lipinski definition) is 2. The summed E-state index contributed by atoms with van der Waals surface area (Å²) in [5.41, 5.74) is 0. The van der Waals surface area contributed by atoms with Crippen molar-refractivity contribution in [2.45, 2.75) is 155 Å². The van der Waals surface area contributed by atoms with Crippen molar-refractivity contribution < 1.29 is 9.47 Å².